The Morgan fingerprint density at radius 3 is 2.64 bits per heavy atom. The smallest absolute Gasteiger partial charge is 0.242 e. The average molecular weight is 355 g/mol. The maximum Gasteiger partial charge on any atom is 0.242 e. The molecule has 6 heteroatoms. The first kappa shape index (κ1) is 17.2. The third-order valence-corrected chi connectivity index (χ3v) is 3.90. The van der Waals surface area contributed by atoms with Crippen LogP contribution in [-0.2, 0) is 11.2 Å². The van der Waals surface area contributed by atoms with E-state index in [1.165, 1.54) is 0 Å². The number of carbonyl (C=O) groups excluding carboxylic acids is 1. The molecule has 1 amide bonds. The zero-order valence-corrected chi connectivity index (χ0v) is 15.3. The van der Waals surface area contributed by atoms with Crippen LogP contribution in [-0.4, -0.2) is 16.6 Å². The van der Waals surface area contributed by atoms with Crippen LogP contribution in [0.3, 0.4) is 0 Å². The van der Waals surface area contributed by atoms with Gasteiger partial charge in [-0.3, -0.25) is 15.6 Å². The van der Waals surface area contributed by atoms with Gasteiger partial charge in [0.2, 0.25) is 5.91 Å². The lowest BCUT2D eigenvalue weighted by Crippen LogP contribution is -2.52. The predicted octanol–water partition coefficient (Wildman–Crippen LogP) is 3.42. The molecular formula is C19H21N3O2S. The van der Waals surface area contributed by atoms with E-state index in [0.717, 1.165) is 27.3 Å². The largest absolute Gasteiger partial charge is 0.464 e. The van der Waals surface area contributed by atoms with Crippen molar-refractivity contribution in [3.63, 3.8) is 0 Å². The van der Waals surface area contributed by atoms with Crippen molar-refractivity contribution in [1.29, 1.82) is 0 Å². The van der Waals surface area contributed by atoms with Gasteiger partial charge in [0, 0.05) is 16.5 Å². The number of furan rings is 1. The summed E-state index contributed by atoms with van der Waals surface area (Å²) < 4.78 is 5.61. The SMILES string of the molecule is CC(C)(C)NC(=S)NNC(=O)Cc1coc2ccc3ccccc3c12. The molecule has 0 atom stereocenters. The number of carbonyl (C=O) groups is 1. The van der Waals surface area contributed by atoms with Crippen molar-refractivity contribution in [2.24, 2.45) is 0 Å². The van der Waals surface area contributed by atoms with Gasteiger partial charge in [-0.15, -0.1) is 0 Å². The van der Waals surface area contributed by atoms with Gasteiger partial charge in [0.15, 0.2) is 5.11 Å². The molecule has 3 aromatic rings. The summed E-state index contributed by atoms with van der Waals surface area (Å²) in [6.45, 7) is 5.97. The lowest BCUT2D eigenvalue weighted by Gasteiger charge is -2.23. The van der Waals surface area contributed by atoms with Gasteiger partial charge < -0.3 is 9.73 Å². The topological polar surface area (TPSA) is 66.3 Å². The molecule has 0 unspecified atom stereocenters. The first-order valence-corrected chi connectivity index (χ1v) is 8.49. The van der Waals surface area contributed by atoms with Crippen LogP contribution < -0.4 is 16.2 Å². The molecule has 2 aromatic carbocycles. The second kappa shape index (κ2) is 6.72. The highest BCUT2D eigenvalue weighted by molar-refractivity contribution is 7.80. The highest BCUT2D eigenvalue weighted by atomic mass is 32.1. The minimum Gasteiger partial charge on any atom is -0.464 e. The Bertz CT molecular complexity index is 941. The van der Waals surface area contributed by atoms with Gasteiger partial charge in [-0.1, -0.05) is 30.3 Å². The summed E-state index contributed by atoms with van der Waals surface area (Å²) in [5.41, 5.74) is 6.80. The monoisotopic (exact) mass is 355 g/mol. The van der Waals surface area contributed by atoms with Crippen LogP contribution in [0.15, 0.2) is 47.1 Å². The first-order chi connectivity index (χ1) is 11.8. The number of hydrazine groups is 1. The van der Waals surface area contributed by atoms with Gasteiger partial charge in [0.05, 0.1) is 12.7 Å². The van der Waals surface area contributed by atoms with Gasteiger partial charge in [0.25, 0.3) is 0 Å². The van der Waals surface area contributed by atoms with Crippen LogP contribution >= 0.6 is 12.2 Å². The number of benzene rings is 2. The minimum absolute atomic E-state index is 0.172. The van der Waals surface area contributed by atoms with Gasteiger partial charge in [-0.05, 0) is 49.8 Å². The van der Waals surface area contributed by atoms with E-state index < -0.39 is 0 Å². The van der Waals surface area contributed by atoms with Crippen molar-refractivity contribution in [1.82, 2.24) is 16.2 Å². The average Bonchev–Trinajstić information content (AvgIpc) is 2.95. The third kappa shape index (κ3) is 4.09. The van der Waals surface area contributed by atoms with E-state index in [1.807, 2.05) is 57.2 Å². The van der Waals surface area contributed by atoms with Crippen LogP contribution in [0.25, 0.3) is 21.7 Å². The molecule has 0 radical (unpaired) electrons. The van der Waals surface area contributed by atoms with Crippen molar-refractivity contribution in [2.75, 3.05) is 0 Å². The Morgan fingerprint density at radius 1 is 1.12 bits per heavy atom. The predicted molar refractivity (Wildman–Crippen MR) is 104 cm³/mol. The summed E-state index contributed by atoms with van der Waals surface area (Å²) in [7, 11) is 0. The van der Waals surface area contributed by atoms with Crippen LogP contribution in [0.2, 0.25) is 0 Å². The second-order valence-electron chi connectivity index (χ2n) is 6.97. The normalized spacial score (nSPS) is 11.5. The van der Waals surface area contributed by atoms with Gasteiger partial charge in [-0.25, -0.2) is 0 Å². The summed E-state index contributed by atoms with van der Waals surface area (Å²) in [4.78, 5) is 12.3. The van der Waals surface area contributed by atoms with E-state index in [2.05, 4.69) is 16.2 Å². The van der Waals surface area contributed by atoms with Gasteiger partial charge in [-0.2, -0.15) is 0 Å². The molecule has 0 spiro atoms. The van der Waals surface area contributed by atoms with E-state index in [4.69, 9.17) is 16.6 Å². The number of nitrogens with one attached hydrogen (secondary N) is 3. The minimum atomic E-state index is -0.186. The molecule has 0 bridgehead atoms. The Balaban J connectivity index is 1.74. The molecule has 0 aliphatic heterocycles. The maximum absolute atomic E-state index is 12.3. The van der Waals surface area contributed by atoms with Gasteiger partial charge in [0.1, 0.15) is 5.58 Å². The highest BCUT2D eigenvalue weighted by Crippen LogP contribution is 2.29. The molecule has 0 fully saturated rings. The van der Waals surface area contributed by atoms with Crippen LogP contribution in [0.5, 0.6) is 0 Å². The van der Waals surface area contributed by atoms with E-state index in [1.54, 1.807) is 6.26 Å². The zero-order chi connectivity index (χ0) is 18.0. The first-order valence-electron chi connectivity index (χ1n) is 8.08. The maximum atomic E-state index is 12.3. The van der Waals surface area contributed by atoms with E-state index >= 15 is 0 Å². The molecule has 3 rings (SSSR count). The summed E-state index contributed by atoms with van der Waals surface area (Å²) in [5.74, 6) is -0.186. The standard InChI is InChI=1S/C19H21N3O2S/c1-19(2,3)20-18(25)22-21-16(23)10-13-11-24-15-9-8-12-6-4-5-7-14(12)17(13)15/h4-9,11H,10H2,1-3H3,(H,21,23)(H2,20,22,25). The third-order valence-electron chi connectivity index (χ3n) is 3.70. The molecule has 0 saturated carbocycles. The lowest BCUT2D eigenvalue weighted by atomic mass is 10.0. The number of rotatable bonds is 2. The van der Waals surface area contributed by atoms with Crippen LogP contribution in [0.1, 0.15) is 26.3 Å². The van der Waals surface area contributed by atoms with Gasteiger partial charge >= 0.3 is 0 Å². The van der Waals surface area contributed by atoms with E-state index in [0.29, 0.717) is 5.11 Å². The number of amides is 1. The summed E-state index contributed by atoms with van der Waals surface area (Å²) >= 11 is 5.15. The zero-order valence-electron chi connectivity index (χ0n) is 14.5. The number of hydrogen-bond acceptors (Lipinski definition) is 3. The molecule has 25 heavy (non-hydrogen) atoms. The molecule has 5 nitrogen and oxygen atoms in total. The number of fused-ring (bicyclic) bond motifs is 3. The second-order valence-corrected chi connectivity index (χ2v) is 7.38. The molecule has 0 aliphatic carbocycles. The van der Waals surface area contributed by atoms with Crippen LogP contribution in [0.4, 0.5) is 0 Å². The fraction of sp³-hybridized carbons (Fsp3) is 0.263. The Labute approximate surface area is 151 Å². The summed E-state index contributed by atoms with van der Waals surface area (Å²) in [6, 6.07) is 12.0. The lowest BCUT2D eigenvalue weighted by molar-refractivity contribution is -0.121. The van der Waals surface area contributed by atoms with E-state index in [9.17, 15) is 4.79 Å². The highest BCUT2D eigenvalue weighted by Gasteiger charge is 2.14. The van der Waals surface area contributed by atoms with Crippen molar-refractivity contribution in [3.8, 4) is 0 Å². The summed E-state index contributed by atoms with van der Waals surface area (Å²) in [6.07, 6.45) is 1.84. The fourth-order valence-electron chi connectivity index (χ4n) is 2.72. The molecule has 0 saturated heterocycles. The van der Waals surface area contributed by atoms with Crippen molar-refractivity contribution < 1.29 is 9.21 Å². The van der Waals surface area contributed by atoms with Crippen molar-refractivity contribution >= 4 is 45.0 Å². The van der Waals surface area contributed by atoms with Crippen molar-refractivity contribution in [3.05, 3.63) is 48.2 Å². The van der Waals surface area contributed by atoms with Crippen molar-refractivity contribution in [2.45, 2.75) is 32.7 Å². The fourth-order valence-corrected chi connectivity index (χ4v) is 3.08. The molecular weight excluding hydrogens is 334 g/mol. The number of thiocarbonyl (C=S) groups is 1. The molecule has 0 aliphatic rings. The summed E-state index contributed by atoms with van der Waals surface area (Å²) in [5, 5.41) is 6.62. The molecule has 1 heterocycles. The van der Waals surface area contributed by atoms with Crippen LogP contribution in [0, 0.1) is 0 Å². The Kier molecular flexibility index (Phi) is 4.63. The Morgan fingerprint density at radius 2 is 1.88 bits per heavy atom. The van der Waals surface area contributed by atoms with E-state index in [-0.39, 0.29) is 17.9 Å². The molecule has 1 aromatic heterocycles. The Hall–Kier alpha value is -2.60. The molecule has 130 valence electrons. The number of hydrogen-bond donors (Lipinski definition) is 3. The molecule has 3 N–H and O–H groups in total. The quantitative estimate of drug-likeness (QED) is 0.485.